The summed E-state index contributed by atoms with van der Waals surface area (Å²) in [6.45, 7) is 8.96. The van der Waals surface area contributed by atoms with Crippen molar-refractivity contribution in [3.05, 3.63) is 29.3 Å². The maximum atomic E-state index is 11.9. The molecule has 1 saturated heterocycles. The van der Waals surface area contributed by atoms with Gasteiger partial charge in [-0.3, -0.25) is 10.2 Å². The van der Waals surface area contributed by atoms with Gasteiger partial charge in [0.2, 0.25) is 0 Å². The normalized spacial score (nSPS) is 19.4. The van der Waals surface area contributed by atoms with Gasteiger partial charge >= 0.3 is 6.09 Å². The van der Waals surface area contributed by atoms with Crippen LogP contribution >= 0.6 is 0 Å². The highest BCUT2D eigenvalue weighted by atomic mass is 16.6. The molecule has 1 aliphatic rings. The van der Waals surface area contributed by atoms with E-state index in [1.165, 1.54) is 0 Å². The molecular formula is C15H22N2O2. The summed E-state index contributed by atoms with van der Waals surface area (Å²) < 4.78 is 5.47. The van der Waals surface area contributed by atoms with Crippen LogP contribution in [0, 0.1) is 13.8 Å². The van der Waals surface area contributed by atoms with Gasteiger partial charge in [0, 0.05) is 18.8 Å². The zero-order valence-corrected chi connectivity index (χ0v) is 11.9. The highest BCUT2D eigenvalue weighted by molar-refractivity contribution is 5.86. The number of nitrogens with zero attached hydrogens (tertiary/aromatic N) is 1. The van der Waals surface area contributed by atoms with Crippen molar-refractivity contribution >= 4 is 11.8 Å². The fraction of sp³-hybridized carbons (Fsp3) is 0.533. The van der Waals surface area contributed by atoms with Crippen molar-refractivity contribution in [2.45, 2.75) is 33.3 Å². The highest BCUT2D eigenvalue weighted by Gasteiger charge is 2.24. The van der Waals surface area contributed by atoms with E-state index in [0.29, 0.717) is 0 Å². The summed E-state index contributed by atoms with van der Waals surface area (Å²) in [6, 6.07) is 5.95. The molecule has 4 nitrogen and oxygen atoms in total. The van der Waals surface area contributed by atoms with Gasteiger partial charge in [-0.25, -0.2) is 4.79 Å². The molecule has 1 amide bonds. The van der Waals surface area contributed by atoms with Crippen molar-refractivity contribution in [2.75, 3.05) is 25.0 Å². The number of hydrogen-bond donors (Lipinski definition) is 1. The van der Waals surface area contributed by atoms with Crippen LogP contribution in [0.15, 0.2) is 18.2 Å². The summed E-state index contributed by atoms with van der Waals surface area (Å²) in [4.78, 5) is 14.2. The first-order valence-electron chi connectivity index (χ1n) is 6.86. The topological polar surface area (TPSA) is 41.6 Å². The van der Waals surface area contributed by atoms with Gasteiger partial charge in [-0.1, -0.05) is 25.1 Å². The molecule has 1 heterocycles. The molecule has 0 aliphatic carbocycles. The Morgan fingerprint density at radius 3 is 2.68 bits per heavy atom. The molecule has 1 aromatic carbocycles. The summed E-state index contributed by atoms with van der Waals surface area (Å²) in [5.41, 5.74) is 2.97. The second-order valence-electron chi connectivity index (χ2n) is 5.10. The molecule has 0 spiro atoms. The van der Waals surface area contributed by atoms with Gasteiger partial charge < -0.3 is 4.74 Å². The van der Waals surface area contributed by atoms with Crippen LogP contribution in [0.5, 0.6) is 0 Å². The van der Waals surface area contributed by atoms with Crippen LogP contribution in [-0.4, -0.2) is 36.7 Å². The Morgan fingerprint density at radius 1 is 1.42 bits per heavy atom. The van der Waals surface area contributed by atoms with Crippen molar-refractivity contribution in [1.29, 1.82) is 0 Å². The smallest absolute Gasteiger partial charge is 0.411 e. The van der Waals surface area contributed by atoms with Crippen LogP contribution in [0.4, 0.5) is 10.5 Å². The van der Waals surface area contributed by atoms with Gasteiger partial charge in [-0.2, -0.15) is 0 Å². The molecule has 2 rings (SSSR count). The molecule has 104 valence electrons. The molecule has 1 fully saturated rings. The van der Waals surface area contributed by atoms with Crippen molar-refractivity contribution < 1.29 is 9.53 Å². The number of likely N-dealkylation sites (N-methyl/N-ethyl adjacent to an activating group) is 1. The van der Waals surface area contributed by atoms with Crippen LogP contribution < -0.4 is 5.32 Å². The Balaban J connectivity index is 1.91. The molecule has 1 aliphatic heterocycles. The van der Waals surface area contributed by atoms with E-state index < -0.39 is 0 Å². The quantitative estimate of drug-likeness (QED) is 0.910. The molecule has 1 unspecified atom stereocenters. The molecule has 19 heavy (non-hydrogen) atoms. The second kappa shape index (κ2) is 6.06. The standard InChI is InChI=1S/C15H22N2O2/c1-4-17-9-8-13(10-17)19-15(18)16-14-11(2)6-5-7-12(14)3/h5-7,13H,4,8-10H2,1-3H3,(H,16,18). The van der Waals surface area contributed by atoms with Gasteiger partial charge in [-0.05, 0) is 37.9 Å². The minimum atomic E-state index is -0.347. The van der Waals surface area contributed by atoms with E-state index >= 15 is 0 Å². The molecule has 0 bridgehead atoms. The predicted octanol–water partition coefficient (Wildman–Crippen LogP) is 2.95. The molecule has 0 saturated carbocycles. The summed E-state index contributed by atoms with van der Waals surface area (Å²) >= 11 is 0. The van der Waals surface area contributed by atoms with Crippen LogP contribution in [0.3, 0.4) is 0 Å². The van der Waals surface area contributed by atoms with E-state index in [4.69, 9.17) is 4.74 Å². The van der Waals surface area contributed by atoms with E-state index in [9.17, 15) is 4.79 Å². The fourth-order valence-electron chi connectivity index (χ4n) is 2.48. The van der Waals surface area contributed by atoms with Gasteiger partial charge in [0.15, 0.2) is 0 Å². The third kappa shape index (κ3) is 3.47. The number of benzene rings is 1. The molecule has 1 N–H and O–H groups in total. The fourth-order valence-corrected chi connectivity index (χ4v) is 2.48. The van der Waals surface area contributed by atoms with E-state index in [-0.39, 0.29) is 12.2 Å². The van der Waals surface area contributed by atoms with E-state index in [0.717, 1.165) is 42.9 Å². The molecule has 0 radical (unpaired) electrons. The van der Waals surface area contributed by atoms with Crippen LogP contribution in [0.2, 0.25) is 0 Å². The third-order valence-corrected chi connectivity index (χ3v) is 3.66. The number of hydrogen-bond acceptors (Lipinski definition) is 3. The lowest BCUT2D eigenvalue weighted by molar-refractivity contribution is 0.114. The van der Waals surface area contributed by atoms with Gasteiger partial charge in [0.05, 0.1) is 0 Å². The number of aryl methyl sites for hydroxylation is 2. The first kappa shape index (κ1) is 13.9. The Bertz CT molecular complexity index is 439. The molecule has 4 heteroatoms. The summed E-state index contributed by atoms with van der Waals surface area (Å²) in [5, 5.41) is 2.86. The van der Waals surface area contributed by atoms with Crippen LogP contribution in [0.25, 0.3) is 0 Å². The second-order valence-corrected chi connectivity index (χ2v) is 5.10. The number of carbonyl (C=O) groups excluding carboxylic acids is 1. The van der Waals surface area contributed by atoms with E-state index in [2.05, 4.69) is 17.1 Å². The van der Waals surface area contributed by atoms with Gasteiger partial charge in [0.25, 0.3) is 0 Å². The Hall–Kier alpha value is -1.55. The number of para-hydroxylation sites is 1. The lowest BCUT2D eigenvalue weighted by Gasteiger charge is -2.16. The monoisotopic (exact) mass is 262 g/mol. The summed E-state index contributed by atoms with van der Waals surface area (Å²) in [6.07, 6.45) is 0.596. The maximum absolute atomic E-state index is 11.9. The zero-order chi connectivity index (χ0) is 13.8. The largest absolute Gasteiger partial charge is 0.445 e. The van der Waals surface area contributed by atoms with Gasteiger partial charge in [-0.15, -0.1) is 0 Å². The number of ether oxygens (including phenoxy) is 1. The number of carbonyl (C=O) groups is 1. The first-order valence-corrected chi connectivity index (χ1v) is 6.86. The lowest BCUT2D eigenvalue weighted by atomic mass is 10.1. The zero-order valence-electron chi connectivity index (χ0n) is 11.9. The molecule has 1 aromatic rings. The SMILES string of the molecule is CCN1CCC(OC(=O)Nc2c(C)cccc2C)C1. The average Bonchev–Trinajstić information content (AvgIpc) is 2.81. The van der Waals surface area contributed by atoms with Crippen molar-refractivity contribution in [3.8, 4) is 0 Å². The third-order valence-electron chi connectivity index (χ3n) is 3.66. The van der Waals surface area contributed by atoms with E-state index in [1.54, 1.807) is 0 Å². The Labute approximate surface area is 114 Å². The number of anilines is 1. The Morgan fingerprint density at radius 2 is 2.11 bits per heavy atom. The molecule has 0 aromatic heterocycles. The molecular weight excluding hydrogens is 240 g/mol. The maximum Gasteiger partial charge on any atom is 0.411 e. The predicted molar refractivity (Wildman–Crippen MR) is 76.5 cm³/mol. The number of amides is 1. The first-order chi connectivity index (χ1) is 9.10. The van der Waals surface area contributed by atoms with Crippen LogP contribution in [0.1, 0.15) is 24.5 Å². The lowest BCUT2D eigenvalue weighted by Crippen LogP contribution is -2.27. The minimum absolute atomic E-state index is 0.0178. The average molecular weight is 262 g/mol. The molecule has 1 atom stereocenters. The van der Waals surface area contributed by atoms with E-state index in [1.807, 2.05) is 32.0 Å². The summed E-state index contributed by atoms with van der Waals surface area (Å²) in [5.74, 6) is 0. The highest BCUT2D eigenvalue weighted by Crippen LogP contribution is 2.20. The van der Waals surface area contributed by atoms with Crippen LogP contribution in [-0.2, 0) is 4.74 Å². The summed E-state index contributed by atoms with van der Waals surface area (Å²) in [7, 11) is 0. The van der Waals surface area contributed by atoms with Crippen molar-refractivity contribution in [1.82, 2.24) is 4.90 Å². The number of nitrogens with one attached hydrogen (secondary N) is 1. The number of likely N-dealkylation sites (tertiary alicyclic amines) is 1. The van der Waals surface area contributed by atoms with Gasteiger partial charge in [0.1, 0.15) is 6.10 Å². The minimum Gasteiger partial charge on any atom is -0.445 e. The van der Waals surface area contributed by atoms with Crippen molar-refractivity contribution in [3.63, 3.8) is 0 Å². The van der Waals surface area contributed by atoms with Crippen molar-refractivity contribution in [2.24, 2.45) is 0 Å². The Kier molecular flexibility index (Phi) is 4.43. The number of rotatable bonds is 3.